The van der Waals surface area contributed by atoms with E-state index in [1.165, 1.54) is 14.0 Å². The molecule has 2 heterocycles. The molecule has 0 saturated carbocycles. The van der Waals surface area contributed by atoms with Crippen molar-refractivity contribution in [2.75, 3.05) is 25.6 Å². The van der Waals surface area contributed by atoms with E-state index in [2.05, 4.69) is 5.32 Å². The van der Waals surface area contributed by atoms with Crippen LogP contribution in [0.5, 0.6) is 0 Å². The van der Waals surface area contributed by atoms with Gasteiger partial charge in [-0.3, -0.25) is 4.79 Å². The number of carbonyl (C=O) groups excluding carboxylic acids is 3. The van der Waals surface area contributed by atoms with E-state index in [0.717, 1.165) is 5.56 Å². The fraction of sp³-hybridized carbons (Fsp3) is 0.240. The molecular formula is C25H24N2O7. The van der Waals surface area contributed by atoms with Crippen LogP contribution in [-0.4, -0.2) is 38.2 Å². The summed E-state index contributed by atoms with van der Waals surface area (Å²) in [5.74, 6) is -2.63. The number of fused-ring (bicyclic) bond motifs is 2. The number of para-hydroxylation sites is 1. The number of nitrogens with one attached hydrogen (secondary N) is 1. The largest absolute Gasteiger partial charge is 0.460 e. The number of hydrogen-bond acceptors (Lipinski definition) is 8. The Hall–Kier alpha value is -4.11. The summed E-state index contributed by atoms with van der Waals surface area (Å²) in [6.07, 6.45) is 0. The van der Waals surface area contributed by atoms with Gasteiger partial charge < -0.3 is 30.0 Å². The van der Waals surface area contributed by atoms with Crippen molar-refractivity contribution in [3.05, 3.63) is 88.5 Å². The first-order valence-corrected chi connectivity index (χ1v) is 10.6. The molecule has 2 aromatic rings. The zero-order valence-electron chi connectivity index (χ0n) is 18.8. The monoisotopic (exact) mass is 464 g/mol. The van der Waals surface area contributed by atoms with Gasteiger partial charge in [0.05, 0.1) is 6.61 Å². The average molecular weight is 464 g/mol. The van der Waals surface area contributed by atoms with Crippen molar-refractivity contribution in [1.82, 2.24) is 0 Å². The summed E-state index contributed by atoms with van der Waals surface area (Å²) in [5, 5.41) is 2.75. The molecule has 176 valence electrons. The highest BCUT2D eigenvalue weighted by atomic mass is 16.6. The number of allylic oxidation sites excluding steroid dienone is 1. The summed E-state index contributed by atoms with van der Waals surface area (Å²) in [4.78, 5) is 40.3. The number of carbonyl (C=O) groups is 3. The first-order valence-electron chi connectivity index (χ1n) is 10.6. The molecule has 1 amide bonds. The number of ether oxygens (including phenoxy) is 4. The van der Waals surface area contributed by atoms with Gasteiger partial charge in [0, 0.05) is 18.4 Å². The van der Waals surface area contributed by atoms with Crippen LogP contribution in [0.4, 0.5) is 5.69 Å². The topological polar surface area (TPSA) is 126 Å². The summed E-state index contributed by atoms with van der Waals surface area (Å²) < 4.78 is 21.4. The molecule has 0 bridgehead atoms. The molecule has 2 aromatic carbocycles. The second-order valence-electron chi connectivity index (χ2n) is 7.71. The maximum absolute atomic E-state index is 13.6. The molecule has 2 aliphatic rings. The van der Waals surface area contributed by atoms with Crippen molar-refractivity contribution < 1.29 is 33.3 Å². The molecule has 9 heteroatoms. The molecule has 4 rings (SSSR count). The van der Waals surface area contributed by atoms with Crippen molar-refractivity contribution in [2.45, 2.75) is 18.9 Å². The average Bonchev–Trinajstić information content (AvgIpc) is 3.10. The highest BCUT2D eigenvalue weighted by molar-refractivity contribution is 6.21. The Balaban J connectivity index is 1.82. The summed E-state index contributed by atoms with van der Waals surface area (Å²) in [6.45, 7) is 1.51. The Morgan fingerprint density at radius 3 is 2.38 bits per heavy atom. The van der Waals surface area contributed by atoms with E-state index in [9.17, 15) is 14.4 Å². The van der Waals surface area contributed by atoms with Crippen LogP contribution in [0.25, 0.3) is 0 Å². The molecule has 34 heavy (non-hydrogen) atoms. The number of nitrogens with two attached hydrogens (primary N) is 1. The number of anilines is 1. The van der Waals surface area contributed by atoms with Crippen LogP contribution >= 0.6 is 0 Å². The molecule has 0 fully saturated rings. The number of esters is 2. The van der Waals surface area contributed by atoms with E-state index in [4.69, 9.17) is 24.7 Å². The Labute approximate surface area is 196 Å². The van der Waals surface area contributed by atoms with Crippen LogP contribution in [0.3, 0.4) is 0 Å². The minimum absolute atomic E-state index is 0.0391. The van der Waals surface area contributed by atoms with Crippen molar-refractivity contribution in [2.24, 2.45) is 5.73 Å². The van der Waals surface area contributed by atoms with Crippen LogP contribution < -0.4 is 11.1 Å². The maximum Gasteiger partial charge on any atom is 0.341 e. The molecule has 1 spiro atoms. The van der Waals surface area contributed by atoms with Gasteiger partial charge >= 0.3 is 11.9 Å². The number of amides is 1. The molecule has 0 radical (unpaired) electrons. The van der Waals surface area contributed by atoms with Crippen LogP contribution in [0.1, 0.15) is 18.1 Å². The zero-order chi connectivity index (χ0) is 24.3. The van der Waals surface area contributed by atoms with E-state index in [1.54, 1.807) is 36.4 Å². The van der Waals surface area contributed by atoms with Crippen LogP contribution in [0.2, 0.25) is 0 Å². The van der Waals surface area contributed by atoms with Gasteiger partial charge in [-0.05, 0) is 18.6 Å². The van der Waals surface area contributed by atoms with E-state index in [0.29, 0.717) is 11.3 Å². The lowest BCUT2D eigenvalue weighted by atomic mass is 9.67. The van der Waals surface area contributed by atoms with E-state index < -0.39 is 23.3 Å². The van der Waals surface area contributed by atoms with Gasteiger partial charge in [-0.2, -0.15) is 0 Å². The Morgan fingerprint density at radius 1 is 0.971 bits per heavy atom. The number of rotatable bonds is 7. The van der Waals surface area contributed by atoms with Gasteiger partial charge in [-0.25, -0.2) is 9.59 Å². The quantitative estimate of drug-likeness (QED) is 0.472. The van der Waals surface area contributed by atoms with Gasteiger partial charge in [0.15, 0.2) is 0 Å². The van der Waals surface area contributed by atoms with Crippen LogP contribution in [-0.2, 0) is 45.4 Å². The van der Waals surface area contributed by atoms with E-state index in [1.807, 2.05) is 18.2 Å². The SMILES string of the molecule is COCCOC(=O)C1=C(N)OC(C)=C(C(=O)OCc2ccccc2)[C@]12C(=O)Nc1ccccc12. The lowest BCUT2D eigenvalue weighted by Gasteiger charge is -2.35. The predicted octanol–water partition coefficient (Wildman–Crippen LogP) is 2.28. The molecule has 2 aliphatic heterocycles. The van der Waals surface area contributed by atoms with Crippen molar-refractivity contribution in [1.29, 1.82) is 0 Å². The van der Waals surface area contributed by atoms with Crippen molar-refractivity contribution in [3.63, 3.8) is 0 Å². The zero-order valence-corrected chi connectivity index (χ0v) is 18.8. The fourth-order valence-electron chi connectivity index (χ4n) is 4.23. The summed E-state index contributed by atoms with van der Waals surface area (Å²) in [5.41, 5.74) is 5.37. The second-order valence-corrected chi connectivity index (χ2v) is 7.71. The smallest absolute Gasteiger partial charge is 0.341 e. The third kappa shape index (κ3) is 3.80. The minimum atomic E-state index is -1.90. The highest BCUT2D eigenvalue weighted by Crippen LogP contribution is 2.52. The first kappa shape index (κ1) is 23.1. The maximum atomic E-state index is 13.6. The first-order chi connectivity index (χ1) is 16.4. The molecule has 3 N–H and O–H groups in total. The van der Waals surface area contributed by atoms with Crippen LogP contribution in [0, 0.1) is 0 Å². The third-order valence-electron chi connectivity index (χ3n) is 5.67. The lowest BCUT2D eigenvalue weighted by molar-refractivity contribution is -0.144. The second kappa shape index (κ2) is 9.40. The third-order valence-corrected chi connectivity index (χ3v) is 5.67. The van der Waals surface area contributed by atoms with Crippen molar-refractivity contribution >= 4 is 23.5 Å². The van der Waals surface area contributed by atoms with Gasteiger partial charge in [0.2, 0.25) is 11.8 Å². The van der Waals surface area contributed by atoms with Crippen molar-refractivity contribution in [3.8, 4) is 0 Å². The van der Waals surface area contributed by atoms with Gasteiger partial charge in [0.25, 0.3) is 0 Å². The van der Waals surface area contributed by atoms with E-state index in [-0.39, 0.29) is 42.6 Å². The van der Waals surface area contributed by atoms with Gasteiger partial charge in [-0.15, -0.1) is 0 Å². The molecule has 0 saturated heterocycles. The molecule has 0 aliphatic carbocycles. The Kier molecular flexibility index (Phi) is 6.38. The minimum Gasteiger partial charge on any atom is -0.460 e. The number of methoxy groups -OCH3 is 1. The summed E-state index contributed by atoms with van der Waals surface area (Å²) in [7, 11) is 1.46. The van der Waals surface area contributed by atoms with Crippen LogP contribution in [0.15, 0.2) is 77.4 Å². The van der Waals surface area contributed by atoms with E-state index >= 15 is 0 Å². The predicted molar refractivity (Wildman–Crippen MR) is 121 cm³/mol. The molecule has 0 aromatic heterocycles. The van der Waals surface area contributed by atoms with Gasteiger partial charge in [-0.1, -0.05) is 48.5 Å². The summed E-state index contributed by atoms with van der Waals surface area (Å²) >= 11 is 0. The molecule has 0 unspecified atom stereocenters. The standard InChI is InChI=1S/C25H24N2O7/c1-15-19(22(28)33-14-16-8-4-3-5-9-16)25(17-10-6-7-11-18(17)27-24(25)30)20(21(26)34-15)23(29)32-13-12-31-2/h3-11H,12-14,26H2,1-2H3,(H,27,30)/t25-/m0/s1. The Bertz CT molecular complexity index is 1200. The molecular weight excluding hydrogens is 440 g/mol. The fourth-order valence-corrected chi connectivity index (χ4v) is 4.23. The summed E-state index contributed by atoms with van der Waals surface area (Å²) in [6, 6.07) is 15.8. The van der Waals surface area contributed by atoms with Gasteiger partial charge in [0.1, 0.15) is 35.5 Å². The highest BCUT2D eigenvalue weighted by Gasteiger charge is 2.61. The normalized spacial score (nSPS) is 18.9. The molecule has 9 nitrogen and oxygen atoms in total. The Morgan fingerprint density at radius 2 is 1.65 bits per heavy atom. The number of hydrogen-bond donors (Lipinski definition) is 2. The molecule has 1 atom stereocenters. The number of benzene rings is 2. The lowest BCUT2D eigenvalue weighted by Crippen LogP contribution is -2.48.